The van der Waals surface area contributed by atoms with Crippen LogP contribution in [-0.4, -0.2) is 43.8 Å². The minimum absolute atomic E-state index is 0.223. The van der Waals surface area contributed by atoms with E-state index in [0.717, 1.165) is 6.54 Å². The van der Waals surface area contributed by atoms with Crippen molar-refractivity contribution in [3.05, 3.63) is 76.6 Å². The maximum Gasteiger partial charge on any atom is 0.336 e. The number of benzene rings is 2. The molecule has 1 aliphatic rings. The molecule has 3 aromatic rings. The van der Waals surface area contributed by atoms with Crippen LogP contribution in [0.1, 0.15) is 5.56 Å². The summed E-state index contributed by atoms with van der Waals surface area (Å²) in [5.74, 6) is 0. The standard InChI is InChI=1S/C20H20N2O4S/c23-20-9-6-17-14-18(7-8-19(17)26-20)27(24,25)22-12-10-21(11-13-22)15-16-4-2-1-3-5-16/h1-9,14H,10-13,15H2. The van der Waals surface area contributed by atoms with Crippen molar-refractivity contribution in [2.45, 2.75) is 11.4 Å². The zero-order valence-electron chi connectivity index (χ0n) is 14.7. The average Bonchev–Trinajstić information content (AvgIpc) is 2.69. The predicted molar refractivity (Wildman–Crippen MR) is 103 cm³/mol. The fraction of sp³-hybridized carbons (Fsp3) is 0.250. The van der Waals surface area contributed by atoms with Gasteiger partial charge in [-0.3, -0.25) is 4.90 Å². The Morgan fingerprint density at radius 1 is 0.889 bits per heavy atom. The van der Waals surface area contributed by atoms with E-state index in [2.05, 4.69) is 17.0 Å². The van der Waals surface area contributed by atoms with Gasteiger partial charge in [-0.15, -0.1) is 0 Å². The number of sulfonamides is 1. The van der Waals surface area contributed by atoms with Gasteiger partial charge in [0.1, 0.15) is 5.58 Å². The molecule has 1 aromatic heterocycles. The Kier molecular flexibility index (Phi) is 4.82. The van der Waals surface area contributed by atoms with Crippen LogP contribution in [0.4, 0.5) is 0 Å². The third-order valence-electron chi connectivity index (χ3n) is 4.81. The monoisotopic (exact) mass is 384 g/mol. The van der Waals surface area contributed by atoms with Crippen molar-refractivity contribution in [3.8, 4) is 0 Å². The summed E-state index contributed by atoms with van der Waals surface area (Å²) in [6.07, 6.45) is 0. The number of piperazine rings is 1. The first-order valence-corrected chi connectivity index (χ1v) is 10.3. The summed E-state index contributed by atoms with van der Waals surface area (Å²) >= 11 is 0. The zero-order valence-corrected chi connectivity index (χ0v) is 15.6. The highest BCUT2D eigenvalue weighted by Crippen LogP contribution is 2.22. The Balaban J connectivity index is 1.48. The molecule has 2 heterocycles. The average molecular weight is 384 g/mol. The SMILES string of the molecule is O=c1ccc2cc(S(=O)(=O)N3CCN(Cc4ccccc4)CC3)ccc2o1. The summed E-state index contributed by atoms with van der Waals surface area (Å²) < 4.78 is 32.6. The highest BCUT2D eigenvalue weighted by molar-refractivity contribution is 7.89. The number of nitrogens with zero attached hydrogens (tertiary/aromatic N) is 2. The smallest absolute Gasteiger partial charge is 0.336 e. The van der Waals surface area contributed by atoms with Gasteiger partial charge >= 0.3 is 5.63 Å². The van der Waals surface area contributed by atoms with Crippen LogP contribution in [0.25, 0.3) is 11.0 Å². The Hall–Kier alpha value is -2.48. The normalized spacial score (nSPS) is 16.6. The van der Waals surface area contributed by atoms with Gasteiger partial charge < -0.3 is 4.42 Å². The molecule has 0 radical (unpaired) electrons. The molecule has 0 spiro atoms. The van der Waals surface area contributed by atoms with Crippen LogP contribution in [0.2, 0.25) is 0 Å². The van der Waals surface area contributed by atoms with Gasteiger partial charge in [0.15, 0.2) is 0 Å². The molecule has 0 N–H and O–H groups in total. The van der Waals surface area contributed by atoms with E-state index in [1.165, 1.54) is 28.1 Å². The Bertz CT molecular complexity index is 1100. The molecule has 1 aliphatic heterocycles. The first-order valence-electron chi connectivity index (χ1n) is 8.83. The largest absolute Gasteiger partial charge is 0.423 e. The van der Waals surface area contributed by atoms with Gasteiger partial charge in [-0.05, 0) is 29.8 Å². The molecule has 4 rings (SSSR count). The van der Waals surface area contributed by atoms with Gasteiger partial charge in [0.2, 0.25) is 10.0 Å². The van der Waals surface area contributed by atoms with E-state index >= 15 is 0 Å². The minimum atomic E-state index is -3.57. The van der Waals surface area contributed by atoms with E-state index in [1.54, 1.807) is 12.1 Å². The van der Waals surface area contributed by atoms with Crippen LogP contribution >= 0.6 is 0 Å². The van der Waals surface area contributed by atoms with E-state index in [1.807, 2.05) is 18.2 Å². The van der Waals surface area contributed by atoms with E-state index in [4.69, 9.17) is 4.42 Å². The topological polar surface area (TPSA) is 70.8 Å². The quantitative estimate of drug-likeness (QED) is 0.646. The van der Waals surface area contributed by atoms with Crippen LogP contribution in [0.5, 0.6) is 0 Å². The van der Waals surface area contributed by atoms with Crippen molar-refractivity contribution in [2.24, 2.45) is 0 Å². The summed E-state index contributed by atoms with van der Waals surface area (Å²) in [6, 6.07) is 17.6. The van der Waals surface area contributed by atoms with Gasteiger partial charge in [-0.2, -0.15) is 4.31 Å². The van der Waals surface area contributed by atoms with Gasteiger partial charge in [0, 0.05) is 44.2 Å². The lowest BCUT2D eigenvalue weighted by Gasteiger charge is -2.34. The van der Waals surface area contributed by atoms with Crippen LogP contribution in [0.15, 0.2) is 74.8 Å². The Morgan fingerprint density at radius 2 is 1.63 bits per heavy atom. The molecule has 27 heavy (non-hydrogen) atoms. The summed E-state index contributed by atoms with van der Waals surface area (Å²) in [7, 11) is -3.57. The highest BCUT2D eigenvalue weighted by atomic mass is 32.2. The minimum Gasteiger partial charge on any atom is -0.423 e. The number of hydrogen-bond donors (Lipinski definition) is 0. The lowest BCUT2D eigenvalue weighted by atomic mass is 10.2. The van der Waals surface area contributed by atoms with Crippen LogP contribution in [-0.2, 0) is 16.6 Å². The number of hydrogen-bond acceptors (Lipinski definition) is 5. The van der Waals surface area contributed by atoms with Gasteiger partial charge in [0.05, 0.1) is 4.90 Å². The first-order chi connectivity index (χ1) is 13.0. The Labute approximate surface area is 157 Å². The van der Waals surface area contributed by atoms with Crippen LogP contribution < -0.4 is 5.63 Å². The van der Waals surface area contributed by atoms with Crippen molar-refractivity contribution in [3.63, 3.8) is 0 Å². The lowest BCUT2D eigenvalue weighted by molar-refractivity contribution is 0.181. The van der Waals surface area contributed by atoms with E-state index < -0.39 is 15.6 Å². The van der Waals surface area contributed by atoms with Crippen LogP contribution in [0, 0.1) is 0 Å². The molecule has 1 saturated heterocycles. The predicted octanol–water partition coefficient (Wildman–Crippen LogP) is 2.30. The molecule has 140 valence electrons. The number of rotatable bonds is 4. The summed E-state index contributed by atoms with van der Waals surface area (Å²) in [5, 5.41) is 0.596. The summed E-state index contributed by atoms with van der Waals surface area (Å²) in [6.45, 7) is 3.12. The molecule has 0 atom stereocenters. The molecule has 7 heteroatoms. The first kappa shape index (κ1) is 17.9. The van der Waals surface area contributed by atoms with Crippen molar-refractivity contribution in [2.75, 3.05) is 26.2 Å². The van der Waals surface area contributed by atoms with Gasteiger partial charge in [-0.1, -0.05) is 30.3 Å². The Morgan fingerprint density at radius 3 is 2.37 bits per heavy atom. The summed E-state index contributed by atoms with van der Waals surface area (Å²) in [5.41, 5.74) is 1.16. The second kappa shape index (κ2) is 7.26. The molecule has 1 fully saturated rings. The molecule has 0 amide bonds. The van der Waals surface area contributed by atoms with Crippen molar-refractivity contribution in [1.82, 2.24) is 9.21 Å². The van der Waals surface area contributed by atoms with Gasteiger partial charge in [0.25, 0.3) is 0 Å². The fourth-order valence-corrected chi connectivity index (χ4v) is 4.79. The third-order valence-corrected chi connectivity index (χ3v) is 6.70. The maximum absolute atomic E-state index is 13.0. The second-order valence-corrected chi connectivity index (χ2v) is 8.56. The van der Waals surface area contributed by atoms with E-state index in [-0.39, 0.29) is 4.90 Å². The van der Waals surface area contributed by atoms with Gasteiger partial charge in [-0.25, -0.2) is 13.2 Å². The van der Waals surface area contributed by atoms with Crippen molar-refractivity contribution in [1.29, 1.82) is 0 Å². The number of fused-ring (bicyclic) bond motifs is 1. The molecular weight excluding hydrogens is 364 g/mol. The lowest BCUT2D eigenvalue weighted by Crippen LogP contribution is -2.48. The van der Waals surface area contributed by atoms with Crippen molar-refractivity contribution < 1.29 is 12.8 Å². The fourth-order valence-electron chi connectivity index (χ4n) is 3.33. The molecule has 6 nitrogen and oxygen atoms in total. The maximum atomic E-state index is 13.0. The molecule has 2 aromatic carbocycles. The van der Waals surface area contributed by atoms with E-state index in [0.29, 0.717) is 37.1 Å². The van der Waals surface area contributed by atoms with Crippen molar-refractivity contribution >= 4 is 21.0 Å². The molecule has 0 saturated carbocycles. The highest BCUT2D eigenvalue weighted by Gasteiger charge is 2.28. The third kappa shape index (κ3) is 3.80. The molecule has 0 unspecified atom stereocenters. The summed E-state index contributed by atoms with van der Waals surface area (Å²) in [4.78, 5) is 13.8. The molecule has 0 aliphatic carbocycles. The zero-order chi connectivity index (χ0) is 18.9. The molecular formula is C20H20N2O4S. The van der Waals surface area contributed by atoms with E-state index in [9.17, 15) is 13.2 Å². The van der Waals surface area contributed by atoms with Crippen LogP contribution in [0.3, 0.4) is 0 Å². The molecule has 0 bridgehead atoms. The second-order valence-electron chi connectivity index (χ2n) is 6.62.